The van der Waals surface area contributed by atoms with E-state index < -0.39 is 0 Å². The van der Waals surface area contributed by atoms with Gasteiger partial charge >= 0.3 is 0 Å². The molecule has 0 aliphatic carbocycles. The Labute approximate surface area is 60.0 Å². The van der Waals surface area contributed by atoms with Crippen LogP contribution in [-0.2, 0) is 0 Å². The van der Waals surface area contributed by atoms with E-state index in [1.54, 1.807) is 12.5 Å². The molecule has 0 aromatic carbocycles. The van der Waals surface area contributed by atoms with Crippen molar-refractivity contribution in [1.82, 2.24) is 0 Å². The van der Waals surface area contributed by atoms with Crippen LogP contribution in [0.15, 0.2) is 16.9 Å². The van der Waals surface area contributed by atoms with E-state index in [1.807, 2.05) is 6.92 Å². The number of hydrogen-bond acceptors (Lipinski definition) is 3. The van der Waals surface area contributed by atoms with Crippen molar-refractivity contribution < 1.29 is 4.42 Å². The maximum Gasteiger partial charge on any atom is 0.0953 e. The van der Waals surface area contributed by atoms with Gasteiger partial charge in [0.2, 0.25) is 0 Å². The summed E-state index contributed by atoms with van der Waals surface area (Å²) in [5, 5.41) is 0. The predicted octanol–water partition coefficient (Wildman–Crippen LogP) is 0.547. The molecule has 1 heterocycles. The molecule has 0 amide bonds. The zero-order valence-corrected chi connectivity index (χ0v) is 6.00. The normalized spacial score (nSPS) is 13.5. The lowest BCUT2D eigenvalue weighted by Crippen LogP contribution is -2.20. The predicted molar refractivity (Wildman–Crippen MR) is 39.4 cm³/mol. The Morgan fingerprint density at radius 2 is 2.30 bits per heavy atom. The molecule has 1 unspecified atom stereocenters. The van der Waals surface area contributed by atoms with Crippen molar-refractivity contribution >= 4 is 0 Å². The molecule has 10 heavy (non-hydrogen) atoms. The van der Waals surface area contributed by atoms with Crippen LogP contribution in [0.1, 0.15) is 17.2 Å². The van der Waals surface area contributed by atoms with Crippen LogP contribution in [0, 0.1) is 6.92 Å². The van der Waals surface area contributed by atoms with Crippen molar-refractivity contribution in [3.63, 3.8) is 0 Å². The van der Waals surface area contributed by atoms with E-state index in [4.69, 9.17) is 15.9 Å². The van der Waals surface area contributed by atoms with E-state index in [-0.39, 0.29) is 6.04 Å². The Balaban J connectivity index is 2.82. The quantitative estimate of drug-likeness (QED) is 0.630. The van der Waals surface area contributed by atoms with Crippen LogP contribution in [0.2, 0.25) is 0 Å². The Morgan fingerprint density at radius 3 is 2.70 bits per heavy atom. The van der Waals surface area contributed by atoms with Crippen molar-refractivity contribution in [3.05, 3.63) is 23.7 Å². The van der Waals surface area contributed by atoms with Gasteiger partial charge in [-0.25, -0.2) is 0 Å². The summed E-state index contributed by atoms with van der Waals surface area (Å²) < 4.78 is 4.93. The van der Waals surface area contributed by atoms with Gasteiger partial charge in [0.15, 0.2) is 0 Å². The molecule has 1 atom stereocenters. The summed E-state index contributed by atoms with van der Waals surface area (Å²) >= 11 is 0. The molecular weight excluding hydrogens is 128 g/mol. The molecule has 4 N–H and O–H groups in total. The van der Waals surface area contributed by atoms with Crippen LogP contribution in [0.25, 0.3) is 0 Å². The van der Waals surface area contributed by atoms with Gasteiger partial charge < -0.3 is 15.9 Å². The Bertz CT molecular complexity index is 207. The van der Waals surface area contributed by atoms with Gasteiger partial charge in [-0.05, 0) is 12.5 Å². The fourth-order valence-electron chi connectivity index (χ4n) is 0.877. The SMILES string of the molecule is Cc1cocc1C(N)CN. The van der Waals surface area contributed by atoms with E-state index in [0.29, 0.717) is 6.54 Å². The summed E-state index contributed by atoms with van der Waals surface area (Å²) in [6.45, 7) is 2.41. The molecular formula is C7H12N2O. The molecule has 0 fully saturated rings. The molecule has 56 valence electrons. The van der Waals surface area contributed by atoms with Gasteiger partial charge in [0.05, 0.1) is 12.5 Å². The van der Waals surface area contributed by atoms with E-state index in [1.165, 1.54) is 0 Å². The molecule has 1 aromatic rings. The van der Waals surface area contributed by atoms with Crippen molar-refractivity contribution in [3.8, 4) is 0 Å². The van der Waals surface area contributed by atoms with Gasteiger partial charge in [0, 0.05) is 18.2 Å². The van der Waals surface area contributed by atoms with Crippen LogP contribution in [0.4, 0.5) is 0 Å². The molecule has 1 aromatic heterocycles. The summed E-state index contributed by atoms with van der Waals surface area (Å²) in [6.07, 6.45) is 3.32. The topological polar surface area (TPSA) is 65.2 Å². The van der Waals surface area contributed by atoms with Crippen LogP contribution >= 0.6 is 0 Å². The molecule has 3 nitrogen and oxygen atoms in total. The molecule has 1 rings (SSSR count). The lowest BCUT2D eigenvalue weighted by molar-refractivity contribution is 0.558. The first-order valence-electron chi connectivity index (χ1n) is 3.24. The van der Waals surface area contributed by atoms with Gasteiger partial charge in [-0.15, -0.1) is 0 Å². The smallest absolute Gasteiger partial charge is 0.0953 e. The lowest BCUT2D eigenvalue weighted by Gasteiger charge is -2.05. The highest BCUT2D eigenvalue weighted by Crippen LogP contribution is 2.14. The first-order valence-corrected chi connectivity index (χ1v) is 3.24. The fraction of sp³-hybridized carbons (Fsp3) is 0.429. The first kappa shape index (κ1) is 7.31. The molecule has 0 saturated carbocycles. The Kier molecular flexibility index (Phi) is 2.09. The monoisotopic (exact) mass is 140 g/mol. The maximum atomic E-state index is 5.65. The van der Waals surface area contributed by atoms with Gasteiger partial charge in [0.1, 0.15) is 0 Å². The van der Waals surface area contributed by atoms with Gasteiger partial charge in [0.25, 0.3) is 0 Å². The minimum Gasteiger partial charge on any atom is -0.472 e. The molecule has 3 heteroatoms. The summed E-state index contributed by atoms with van der Waals surface area (Å²) in [7, 11) is 0. The summed E-state index contributed by atoms with van der Waals surface area (Å²) in [5.41, 5.74) is 13.1. The highest BCUT2D eigenvalue weighted by molar-refractivity contribution is 5.22. The number of nitrogens with two attached hydrogens (primary N) is 2. The second-order valence-electron chi connectivity index (χ2n) is 2.35. The fourth-order valence-corrected chi connectivity index (χ4v) is 0.877. The minimum atomic E-state index is -0.0845. The third-order valence-electron chi connectivity index (χ3n) is 1.55. The largest absolute Gasteiger partial charge is 0.472 e. The molecule has 0 bridgehead atoms. The van der Waals surface area contributed by atoms with E-state index >= 15 is 0 Å². The minimum absolute atomic E-state index is 0.0845. The van der Waals surface area contributed by atoms with E-state index in [2.05, 4.69) is 0 Å². The van der Waals surface area contributed by atoms with Gasteiger partial charge in [-0.1, -0.05) is 0 Å². The molecule has 0 aliphatic heterocycles. The number of furan rings is 1. The number of hydrogen-bond donors (Lipinski definition) is 2. The van der Waals surface area contributed by atoms with Crippen LogP contribution in [0.3, 0.4) is 0 Å². The van der Waals surface area contributed by atoms with E-state index in [9.17, 15) is 0 Å². The summed E-state index contributed by atoms with van der Waals surface area (Å²) in [5.74, 6) is 0. The zero-order valence-electron chi connectivity index (χ0n) is 6.00. The standard InChI is InChI=1S/C7H12N2O/c1-5-3-10-4-6(5)7(9)2-8/h3-4,7H,2,8-9H2,1H3. The highest BCUT2D eigenvalue weighted by atomic mass is 16.3. The molecule has 0 aliphatic rings. The summed E-state index contributed by atoms with van der Waals surface area (Å²) in [6, 6.07) is -0.0845. The average molecular weight is 140 g/mol. The van der Waals surface area contributed by atoms with E-state index in [0.717, 1.165) is 11.1 Å². The number of rotatable bonds is 2. The van der Waals surface area contributed by atoms with Gasteiger partial charge in [-0.3, -0.25) is 0 Å². The Hall–Kier alpha value is -0.800. The molecule has 0 saturated heterocycles. The third-order valence-corrected chi connectivity index (χ3v) is 1.55. The average Bonchev–Trinajstić information content (AvgIpc) is 2.34. The second kappa shape index (κ2) is 2.86. The second-order valence-corrected chi connectivity index (χ2v) is 2.35. The van der Waals surface area contributed by atoms with Crippen LogP contribution < -0.4 is 11.5 Å². The van der Waals surface area contributed by atoms with Crippen LogP contribution in [0.5, 0.6) is 0 Å². The maximum absolute atomic E-state index is 5.65. The third kappa shape index (κ3) is 1.20. The van der Waals surface area contributed by atoms with Crippen molar-refractivity contribution in [2.24, 2.45) is 11.5 Å². The zero-order chi connectivity index (χ0) is 7.56. The van der Waals surface area contributed by atoms with Crippen molar-refractivity contribution in [2.75, 3.05) is 6.54 Å². The Morgan fingerprint density at radius 1 is 1.60 bits per heavy atom. The molecule has 0 spiro atoms. The van der Waals surface area contributed by atoms with Crippen molar-refractivity contribution in [2.45, 2.75) is 13.0 Å². The molecule has 0 radical (unpaired) electrons. The number of aryl methyl sites for hydroxylation is 1. The lowest BCUT2D eigenvalue weighted by atomic mass is 10.1. The summed E-state index contributed by atoms with van der Waals surface area (Å²) in [4.78, 5) is 0. The van der Waals surface area contributed by atoms with Crippen molar-refractivity contribution in [1.29, 1.82) is 0 Å². The van der Waals surface area contributed by atoms with Crippen LogP contribution in [-0.4, -0.2) is 6.54 Å². The van der Waals surface area contributed by atoms with Gasteiger partial charge in [-0.2, -0.15) is 0 Å². The highest BCUT2D eigenvalue weighted by Gasteiger charge is 2.07. The first-order chi connectivity index (χ1) is 4.75.